The molecule has 0 bridgehead atoms. The predicted molar refractivity (Wildman–Crippen MR) is 88.5 cm³/mol. The maximum Gasteiger partial charge on any atom is 0.378 e. The third-order valence-corrected chi connectivity index (χ3v) is 3.57. The van der Waals surface area contributed by atoms with Crippen LogP contribution >= 0.6 is 0 Å². The van der Waals surface area contributed by atoms with E-state index in [0.717, 1.165) is 25.7 Å². The molecular formula is C17H30O8. The second-order valence-electron chi connectivity index (χ2n) is 5.86. The van der Waals surface area contributed by atoms with Gasteiger partial charge in [0.15, 0.2) is 11.9 Å². The topological polar surface area (TPSA) is 115 Å². The van der Waals surface area contributed by atoms with E-state index in [1.54, 1.807) is 0 Å². The van der Waals surface area contributed by atoms with Crippen molar-refractivity contribution in [1.82, 2.24) is 0 Å². The van der Waals surface area contributed by atoms with E-state index in [2.05, 4.69) is 0 Å². The van der Waals surface area contributed by atoms with Gasteiger partial charge in [-0.15, -0.1) is 0 Å². The molecule has 0 aromatic carbocycles. The quantitative estimate of drug-likeness (QED) is 0.302. The summed E-state index contributed by atoms with van der Waals surface area (Å²) < 4.78 is 21.2. The lowest BCUT2D eigenvalue weighted by Gasteiger charge is -2.20. The lowest BCUT2D eigenvalue weighted by Crippen LogP contribution is -2.33. The second kappa shape index (κ2) is 12.1. The van der Waals surface area contributed by atoms with E-state index in [9.17, 15) is 15.0 Å². The first kappa shape index (κ1) is 21.7. The molecule has 1 heterocycles. The summed E-state index contributed by atoms with van der Waals surface area (Å²) in [7, 11) is 0. The summed E-state index contributed by atoms with van der Waals surface area (Å²) in [6, 6.07) is 0. The molecule has 1 unspecified atom stereocenters. The molecule has 0 aromatic heterocycles. The van der Waals surface area contributed by atoms with Gasteiger partial charge < -0.3 is 34.3 Å². The Hall–Kier alpha value is -1.35. The minimum Gasteiger partial charge on any atom is -0.487 e. The van der Waals surface area contributed by atoms with Crippen LogP contribution in [0.4, 0.5) is 0 Å². The molecule has 1 aliphatic heterocycles. The Balaban J connectivity index is 2.66. The van der Waals surface area contributed by atoms with Crippen molar-refractivity contribution >= 4 is 5.97 Å². The van der Waals surface area contributed by atoms with Gasteiger partial charge in [-0.3, -0.25) is 0 Å². The molecule has 0 aliphatic carbocycles. The van der Waals surface area contributed by atoms with E-state index < -0.39 is 30.9 Å². The highest BCUT2D eigenvalue weighted by molar-refractivity contribution is 5.89. The van der Waals surface area contributed by atoms with Gasteiger partial charge >= 0.3 is 5.97 Å². The molecule has 0 spiro atoms. The highest BCUT2D eigenvalue weighted by Crippen LogP contribution is 2.27. The van der Waals surface area contributed by atoms with Crippen LogP contribution in [-0.2, 0) is 23.7 Å². The van der Waals surface area contributed by atoms with Gasteiger partial charge in [0.25, 0.3) is 0 Å². The number of esters is 1. The van der Waals surface area contributed by atoms with E-state index in [0.29, 0.717) is 13.2 Å². The molecule has 8 nitrogen and oxygen atoms in total. The molecule has 3 atom stereocenters. The maximum atomic E-state index is 11.9. The molecular weight excluding hydrogens is 332 g/mol. The largest absolute Gasteiger partial charge is 0.487 e. The second-order valence-corrected chi connectivity index (χ2v) is 5.86. The highest BCUT2D eigenvalue weighted by atomic mass is 16.6. The molecule has 8 heteroatoms. The van der Waals surface area contributed by atoms with Crippen molar-refractivity contribution in [2.24, 2.45) is 0 Å². The van der Waals surface area contributed by atoms with Gasteiger partial charge in [0, 0.05) is 6.61 Å². The van der Waals surface area contributed by atoms with Gasteiger partial charge in [-0.2, -0.15) is 0 Å². The van der Waals surface area contributed by atoms with Crippen molar-refractivity contribution in [1.29, 1.82) is 0 Å². The van der Waals surface area contributed by atoms with E-state index >= 15 is 0 Å². The molecule has 0 saturated carbocycles. The number of aliphatic hydroxyl groups is 3. The van der Waals surface area contributed by atoms with Crippen LogP contribution in [0.5, 0.6) is 0 Å². The third kappa shape index (κ3) is 7.19. The lowest BCUT2D eigenvalue weighted by atomic mass is 10.2. The van der Waals surface area contributed by atoms with Crippen LogP contribution in [0.15, 0.2) is 11.5 Å². The zero-order valence-corrected chi connectivity index (χ0v) is 15.0. The Kier molecular flexibility index (Phi) is 10.5. The van der Waals surface area contributed by atoms with Crippen molar-refractivity contribution in [3.05, 3.63) is 11.5 Å². The average molecular weight is 362 g/mol. The molecule has 0 radical (unpaired) electrons. The van der Waals surface area contributed by atoms with Crippen LogP contribution in [0.1, 0.15) is 39.5 Å². The van der Waals surface area contributed by atoms with Crippen molar-refractivity contribution < 1.29 is 39.1 Å². The summed E-state index contributed by atoms with van der Waals surface area (Å²) in [6.45, 7) is 4.23. The first-order valence-corrected chi connectivity index (χ1v) is 8.80. The minimum absolute atomic E-state index is 0.00439. The first-order valence-electron chi connectivity index (χ1n) is 8.80. The van der Waals surface area contributed by atoms with Crippen LogP contribution in [0.2, 0.25) is 0 Å². The third-order valence-electron chi connectivity index (χ3n) is 3.57. The Labute approximate surface area is 148 Å². The Morgan fingerprint density at radius 1 is 1.08 bits per heavy atom. The number of hydrogen-bond acceptors (Lipinski definition) is 8. The predicted octanol–water partition coefficient (Wildman–Crippen LogP) is 0.487. The summed E-state index contributed by atoms with van der Waals surface area (Å²) >= 11 is 0. The van der Waals surface area contributed by atoms with Crippen LogP contribution in [0, 0.1) is 0 Å². The average Bonchev–Trinajstić information content (AvgIpc) is 2.92. The number of rotatable bonds is 14. The SMILES string of the molecule is CCCCOCC(O)COC1=C(OCCCC)C(=O)O[C@@H]1[C@@H](O)CO. The summed E-state index contributed by atoms with van der Waals surface area (Å²) in [5.41, 5.74) is 0. The summed E-state index contributed by atoms with van der Waals surface area (Å²) in [5.74, 6) is -0.877. The van der Waals surface area contributed by atoms with Gasteiger partial charge in [0.2, 0.25) is 5.76 Å². The van der Waals surface area contributed by atoms with Crippen LogP contribution in [-0.4, -0.2) is 72.6 Å². The fourth-order valence-corrected chi connectivity index (χ4v) is 2.10. The molecule has 0 saturated heterocycles. The lowest BCUT2D eigenvalue weighted by molar-refractivity contribution is -0.149. The number of aliphatic hydroxyl groups excluding tert-OH is 3. The fourth-order valence-electron chi connectivity index (χ4n) is 2.10. The minimum atomic E-state index is -1.33. The van der Waals surface area contributed by atoms with Crippen molar-refractivity contribution in [3.63, 3.8) is 0 Å². The van der Waals surface area contributed by atoms with Gasteiger partial charge in [0.1, 0.15) is 18.8 Å². The Morgan fingerprint density at radius 2 is 1.76 bits per heavy atom. The molecule has 25 heavy (non-hydrogen) atoms. The summed E-state index contributed by atoms with van der Waals surface area (Å²) in [4.78, 5) is 11.9. The summed E-state index contributed by atoms with van der Waals surface area (Å²) in [6.07, 6.45) is 0.148. The normalized spacial score (nSPS) is 19.7. The number of carbonyl (C=O) groups is 1. The highest BCUT2D eigenvalue weighted by Gasteiger charge is 2.42. The standard InChI is InChI=1S/C17H30O8/c1-3-5-7-22-10-12(19)11-24-15-14(13(20)9-18)25-17(21)16(15)23-8-6-4-2/h12-14,18-20H,3-11H2,1-2H3/t12?,13-,14+/m0/s1. The number of carbonyl (C=O) groups excluding carboxylic acids is 1. The molecule has 1 aliphatic rings. The zero-order chi connectivity index (χ0) is 18.7. The van der Waals surface area contributed by atoms with Crippen molar-refractivity contribution in [2.45, 2.75) is 57.8 Å². The number of cyclic esters (lactones) is 1. The van der Waals surface area contributed by atoms with E-state index in [-0.39, 0.29) is 24.7 Å². The van der Waals surface area contributed by atoms with Crippen LogP contribution in [0.3, 0.4) is 0 Å². The number of unbranched alkanes of at least 4 members (excludes halogenated alkanes) is 2. The van der Waals surface area contributed by atoms with Crippen LogP contribution < -0.4 is 0 Å². The molecule has 0 fully saturated rings. The van der Waals surface area contributed by atoms with E-state index in [1.165, 1.54) is 0 Å². The van der Waals surface area contributed by atoms with Gasteiger partial charge in [-0.05, 0) is 12.8 Å². The molecule has 146 valence electrons. The molecule has 3 N–H and O–H groups in total. The van der Waals surface area contributed by atoms with Crippen molar-refractivity contribution in [3.8, 4) is 0 Å². The Morgan fingerprint density at radius 3 is 2.40 bits per heavy atom. The Bertz CT molecular complexity index is 423. The fraction of sp³-hybridized carbons (Fsp3) is 0.824. The van der Waals surface area contributed by atoms with Gasteiger partial charge in [0.05, 0.1) is 19.8 Å². The zero-order valence-electron chi connectivity index (χ0n) is 15.0. The van der Waals surface area contributed by atoms with Gasteiger partial charge in [-0.1, -0.05) is 26.7 Å². The van der Waals surface area contributed by atoms with E-state index in [4.69, 9.17) is 24.1 Å². The molecule has 0 aromatic rings. The summed E-state index contributed by atoms with van der Waals surface area (Å²) in [5, 5.41) is 28.8. The number of ether oxygens (including phenoxy) is 4. The maximum absolute atomic E-state index is 11.9. The van der Waals surface area contributed by atoms with E-state index in [1.807, 2.05) is 13.8 Å². The number of hydrogen-bond donors (Lipinski definition) is 3. The smallest absolute Gasteiger partial charge is 0.378 e. The molecule has 0 amide bonds. The van der Waals surface area contributed by atoms with Gasteiger partial charge in [-0.25, -0.2) is 4.79 Å². The monoisotopic (exact) mass is 362 g/mol. The van der Waals surface area contributed by atoms with Crippen molar-refractivity contribution in [2.75, 3.05) is 33.0 Å². The first-order chi connectivity index (χ1) is 12.0. The molecule has 1 rings (SSSR count). The van der Waals surface area contributed by atoms with Crippen LogP contribution in [0.25, 0.3) is 0 Å².